The largest absolute Gasteiger partial charge is 0.451 e. The topological polar surface area (TPSA) is 41.6 Å². The van der Waals surface area contributed by atoms with Gasteiger partial charge in [0.05, 0.1) is 7.11 Å². The van der Waals surface area contributed by atoms with E-state index in [-0.39, 0.29) is 0 Å². The predicted octanol–water partition coefficient (Wildman–Crippen LogP) is 0.600. The van der Waals surface area contributed by atoms with Crippen LogP contribution in [0.3, 0.4) is 0 Å². The highest BCUT2D eigenvalue weighted by molar-refractivity contribution is 5.68. The number of nitrogens with zero attached hydrogens (tertiary/aromatic N) is 1. The van der Waals surface area contributed by atoms with Gasteiger partial charge in [-0.3, -0.25) is 5.43 Å². The Hall–Kier alpha value is -1.45. The summed E-state index contributed by atoms with van der Waals surface area (Å²) in [5.41, 5.74) is 2.66. The van der Waals surface area contributed by atoms with Crippen LogP contribution in [0.1, 0.15) is 0 Å². The van der Waals surface area contributed by atoms with Gasteiger partial charge in [0.2, 0.25) is 0 Å². The highest BCUT2D eigenvalue weighted by Crippen LogP contribution is 1.94. The molecule has 1 aliphatic heterocycles. The van der Waals surface area contributed by atoms with Crippen LogP contribution in [-0.4, -0.2) is 18.2 Å². The first-order valence-corrected chi connectivity index (χ1v) is 2.81. The molecule has 0 radical (unpaired) electrons. The lowest BCUT2D eigenvalue weighted by molar-refractivity contribution is 0.129. The average Bonchev–Trinajstić information content (AvgIpc) is 2.05. The molecule has 1 aliphatic rings. The zero-order chi connectivity index (χ0) is 7.40. The first kappa shape index (κ1) is 6.67. The number of carbonyl (C=O) groups is 1. The van der Waals surface area contributed by atoms with Crippen molar-refractivity contribution in [3.05, 3.63) is 24.6 Å². The van der Waals surface area contributed by atoms with Crippen LogP contribution in [0.25, 0.3) is 0 Å². The summed E-state index contributed by atoms with van der Waals surface area (Å²) in [4.78, 5) is 10.7. The van der Waals surface area contributed by atoms with E-state index in [0.717, 1.165) is 0 Å². The minimum Gasteiger partial charge on any atom is -0.451 e. The van der Waals surface area contributed by atoms with Gasteiger partial charge in [-0.1, -0.05) is 0 Å². The summed E-state index contributed by atoms with van der Waals surface area (Å²) in [6, 6.07) is 0. The monoisotopic (exact) mass is 140 g/mol. The van der Waals surface area contributed by atoms with Crippen molar-refractivity contribution in [3.8, 4) is 0 Å². The Balaban J connectivity index is 2.51. The quantitative estimate of drug-likeness (QED) is 0.535. The minimum absolute atomic E-state index is 0.430. The molecule has 0 spiro atoms. The molecule has 0 fully saturated rings. The smallest absolute Gasteiger partial charge is 0.432 e. The summed E-state index contributed by atoms with van der Waals surface area (Å²) >= 11 is 0. The van der Waals surface area contributed by atoms with Crippen molar-refractivity contribution in [2.75, 3.05) is 7.11 Å². The third kappa shape index (κ3) is 1.28. The molecule has 1 amide bonds. The molecule has 0 unspecified atom stereocenters. The van der Waals surface area contributed by atoms with E-state index in [9.17, 15) is 4.79 Å². The molecule has 0 saturated carbocycles. The normalized spacial score (nSPS) is 14.7. The van der Waals surface area contributed by atoms with Crippen molar-refractivity contribution >= 4 is 6.09 Å². The second-order valence-corrected chi connectivity index (χ2v) is 1.67. The molecule has 0 aromatic heterocycles. The third-order valence-corrected chi connectivity index (χ3v) is 1.03. The van der Waals surface area contributed by atoms with Gasteiger partial charge in [0.25, 0.3) is 0 Å². The molecule has 0 aliphatic carbocycles. The lowest BCUT2D eigenvalue weighted by Gasteiger charge is -2.17. The molecule has 0 saturated heterocycles. The summed E-state index contributed by atoms with van der Waals surface area (Å²) in [6.07, 6.45) is 6.29. The fraction of sp³-hybridized carbons (Fsp3) is 0.167. The van der Waals surface area contributed by atoms with Crippen LogP contribution in [-0.2, 0) is 4.74 Å². The number of carbonyl (C=O) groups excluding carboxylic acids is 1. The number of hydrazine groups is 1. The maximum atomic E-state index is 10.7. The van der Waals surface area contributed by atoms with E-state index in [0.29, 0.717) is 0 Å². The van der Waals surface area contributed by atoms with Crippen LogP contribution in [0.5, 0.6) is 0 Å². The molecule has 0 aromatic rings. The van der Waals surface area contributed by atoms with Gasteiger partial charge in [-0.05, 0) is 12.2 Å². The molecule has 0 atom stereocenters. The first-order chi connectivity index (χ1) is 4.84. The Morgan fingerprint density at radius 2 is 2.40 bits per heavy atom. The number of hydrogen-bond donors (Lipinski definition) is 1. The molecule has 0 aromatic carbocycles. The van der Waals surface area contributed by atoms with Crippen molar-refractivity contribution in [1.82, 2.24) is 10.4 Å². The number of amides is 1. The number of nitrogens with one attached hydrogen (secondary N) is 1. The Morgan fingerprint density at radius 3 is 2.90 bits per heavy atom. The summed E-state index contributed by atoms with van der Waals surface area (Å²) in [5, 5.41) is 1.24. The fourth-order valence-corrected chi connectivity index (χ4v) is 0.570. The maximum Gasteiger partial charge on any atom is 0.432 e. The van der Waals surface area contributed by atoms with Gasteiger partial charge in [-0.2, -0.15) is 5.01 Å². The Morgan fingerprint density at radius 1 is 1.60 bits per heavy atom. The molecular weight excluding hydrogens is 132 g/mol. The highest BCUT2D eigenvalue weighted by Gasteiger charge is 2.08. The predicted molar refractivity (Wildman–Crippen MR) is 35.7 cm³/mol. The van der Waals surface area contributed by atoms with Crippen LogP contribution in [0.2, 0.25) is 0 Å². The van der Waals surface area contributed by atoms with Crippen LogP contribution < -0.4 is 5.43 Å². The summed E-state index contributed by atoms with van der Waals surface area (Å²) in [5.74, 6) is 0. The standard InChI is InChI=1S/C6H8N2O2/c1-10-6(9)8-5-3-2-4-7-8/h2-5,7H,1H3. The Labute approximate surface area is 58.7 Å². The molecule has 1 rings (SSSR count). The summed E-state index contributed by atoms with van der Waals surface area (Å²) < 4.78 is 4.43. The number of methoxy groups -OCH3 is 1. The van der Waals surface area contributed by atoms with E-state index in [1.54, 1.807) is 24.6 Å². The van der Waals surface area contributed by atoms with Crippen molar-refractivity contribution in [2.24, 2.45) is 0 Å². The number of hydrogen-bond acceptors (Lipinski definition) is 3. The van der Waals surface area contributed by atoms with Crippen LogP contribution in [0, 0.1) is 0 Å². The average molecular weight is 140 g/mol. The van der Waals surface area contributed by atoms with E-state index in [1.165, 1.54) is 12.1 Å². The lowest BCUT2D eigenvalue weighted by atomic mass is 10.5. The number of rotatable bonds is 0. The number of ether oxygens (including phenoxy) is 1. The van der Waals surface area contributed by atoms with Gasteiger partial charge < -0.3 is 4.74 Å². The highest BCUT2D eigenvalue weighted by atomic mass is 16.5. The van der Waals surface area contributed by atoms with Crippen molar-refractivity contribution in [1.29, 1.82) is 0 Å². The van der Waals surface area contributed by atoms with Crippen LogP contribution in [0.4, 0.5) is 4.79 Å². The second kappa shape index (κ2) is 2.91. The first-order valence-electron chi connectivity index (χ1n) is 2.81. The number of allylic oxidation sites excluding steroid dienone is 2. The molecule has 1 heterocycles. The lowest BCUT2D eigenvalue weighted by Crippen LogP contribution is -2.36. The van der Waals surface area contributed by atoms with Crippen molar-refractivity contribution < 1.29 is 9.53 Å². The van der Waals surface area contributed by atoms with Gasteiger partial charge in [-0.25, -0.2) is 4.79 Å². The molecular formula is C6H8N2O2. The van der Waals surface area contributed by atoms with E-state index in [2.05, 4.69) is 10.2 Å². The van der Waals surface area contributed by atoms with Gasteiger partial charge >= 0.3 is 6.09 Å². The van der Waals surface area contributed by atoms with Gasteiger partial charge in [0.1, 0.15) is 0 Å². The maximum absolute atomic E-state index is 10.7. The van der Waals surface area contributed by atoms with Gasteiger partial charge in [-0.15, -0.1) is 0 Å². The second-order valence-electron chi connectivity index (χ2n) is 1.67. The van der Waals surface area contributed by atoms with Gasteiger partial charge in [0.15, 0.2) is 0 Å². The van der Waals surface area contributed by atoms with E-state index in [4.69, 9.17) is 0 Å². The van der Waals surface area contributed by atoms with Crippen LogP contribution >= 0.6 is 0 Å². The zero-order valence-electron chi connectivity index (χ0n) is 5.57. The molecule has 4 heteroatoms. The van der Waals surface area contributed by atoms with Crippen LogP contribution in [0.15, 0.2) is 24.6 Å². The van der Waals surface area contributed by atoms with E-state index < -0.39 is 6.09 Å². The van der Waals surface area contributed by atoms with Gasteiger partial charge in [0, 0.05) is 12.4 Å². The van der Waals surface area contributed by atoms with Crippen molar-refractivity contribution in [2.45, 2.75) is 0 Å². The zero-order valence-corrected chi connectivity index (χ0v) is 5.57. The molecule has 0 bridgehead atoms. The Kier molecular flexibility index (Phi) is 1.94. The molecule has 1 N–H and O–H groups in total. The summed E-state index contributed by atoms with van der Waals surface area (Å²) in [6.45, 7) is 0. The van der Waals surface area contributed by atoms with E-state index >= 15 is 0 Å². The van der Waals surface area contributed by atoms with Crippen molar-refractivity contribution in [3.63, 3.8) is 0 Å². The SMILES string of the molecule is COC(=O)N1C=CC=CN1. The van der Waals surface area contributed by atoms with E-state index in [1.807, 2.05) is 0 Å². The summed E-state index contributed by atoms with van der Waals surface area (Å²) in [7, 11) is 1.33. The third-order valence-electron chi connectivity index (χ3n) is 1.03. The molecule has 10 heavy (non-hydrogen) atoms. The Bertz CT molecular complexity index is 186. The fourth-order valence-electron chi connectivity index (χ4n) is 0.570. The molecule has 4 nitrogen and oxygen atoms in total. The minimum atomic E-state index is -0.430. The molecule has 54 valence electrons.